The molecule has 0 atom stereocenters. The highest BCUT2D eigenvalue weighted by Gasteiger charge is 2.56. The lowest BCUT2D eigenvalue weighted by Gasteiger charge is -2.45. The maximum atomic E-state index is 14.6. The zero-order valence-electron chi connectivity index (χ0n) is 18.5. The van der Waals surface area contributed by atoms with Crippen LogP contribution in [-0.4, -0.2) is 59.3 Å². The molecule has 170 valence electrons. The molecule has 3 aromatic rings. The third-order valence-corrected chi connectivity index (χ3v) is 6.69. The van der Waals surface area contributed by atoms with Gasteiger partial charge in [-0.2, -0.15) is 0 Å². The molecule has 3 heterocycles. The Balaban J connectivity index is 1.36. The van der Waals surface area contributed by atoms with Crippen molar-refractivity contribution < 1.29 is 18.7 Å². The average Bonchev–Trinajstić information content (AvgIpc) is 3.57. The summed E-state index contributed by atoms with van der Waals surface area (Å²) in [5.41, 5.74) is 1.58. The summed E-state index contributed by atoms with van der Waals surface area (Å²) in [4.78, 5) is 25.5. The van der Waals surface area contributed by atoms with Gasteiger partial charge in [0.1, 0.15) is 23.7 Å². The molecule has 1 aliphatic carbocycles. The van der Waals surface area contributed by atoms with Crippen LogP contribution in [0.25, 0.3) is 10.9 Å². The van der Waals surface area contributed by atoms with Crippen molar-refractivity contribution in [1.29, 1.82) is 0 Å². The van der Waals surface area contributed by atoms with Gasteiger partial charge in [-0.3, -0.25) is 9.80 Å². The molecule has 8 nitrogen and oxygen atoms in total. The molecule has 0 unspecified atom stereocenters. The van der Waals surface area contributed by atoms with Crippen molar-refractivity contribution in [3.05, 3.63) is 48.0 Å². The third kappa shape index (κ3) is 3.34. The van der Waals surface area contributed by atoms with Crippen LogP contribution in [0, 0.1) is 12.7 Å². The van der Waals surface area contributed by atoms with Gasteiger partial charge in [0.15, 0.2) is 5.60 Å². The number of fused-ring (bicyclic) bond motifs is 1. The van der Waals surface area contributed by atoms with Gasteiger partial charge in [-0.05, 0) is 37.5 Å². The number of ether oxygens (including phenoxy) is 2. The molecule has 1 amide bonds. The number of rotatable bonds is 5. The SMILES string of the molecule is COc1cc2ncnc(Nc3cccc(C)c3F)c2cc1N1CC2(CN(C3CC3)C2)OC1=O. The predicted molar refractivity (Wildman–Crippen MR) is 122 cm³/mol. The number of aromatic nitrogens is 2. The summed E-state index contributed by atoms with van der Waals surface area (Å²) in [6.07, 6.45) is 3.48. The van der Waals surface area contributed by atoms with E-state index >= 15 is 0 Å². The van der Waals surface area contributed by atoms with E-state index in [-0.39, 0.29) is 11.9 Å². The minimum absolute atomic E-state index is 0.321. The molecule has 0 radical (unpaired) electrons. The first-order valence-electron chi connectivity index (χ1n) is 11.1. The van der Waals surface area contributed by atoms with Crippen LogP contribution in [0.15, 0.2) is 36.7 Å². The molecule has 3 aliphatic rings. The Morgan fingerprint density at radius 3 is 2.79 bits per heavy atom. The van der Waals surface area contributed by atoms with Gasteiger partial charge in [-0.1, -0.05) is 12.1 Å². The predicted octanol–water partition coefficient (Wildman–Crippen LogP) is 4.00. The molecule has 33 heavy (non-hydrogen) atoms. The fourth-order valence-electron chi connectivity index (χ4n) is 4.78. The molecule has 2 aromatic carbocycles. The molecule has 9 heteroatoms. The van der Waals surface area contributed by atoms with Crippen LogP contribution in [0.3, 0.4) is 0 Å². The second kappa shape index (κ2) is 7.28. The molecule has 1 spiro atoms. The largest absolute Gasteiger partial charge is 0.494 e. The first-order valence-corrected chi connectivity index (χ1v) is 11.1. The van der Waals surface area contributed by atoms with Gasteiger partial charge in [0.25, 0.3) is 0 Å². The standard InChI is InChI=1S/C24H24FN5O3/c1-14-4-3-5-17(21(14)25)28-22-16-8-19(20(32-2)9-18(16)26-13-27-22)30-12-24(33-23(30)31)10-29(11-24)15-6-7-15/h3-5,8-9,13,15H,6-7,10-12H2,1-2H3,(H,26,27,28). The van der Waals surface area contributed by atoms with Crippen LogP contribution in [-0.2, 0) is 4.74 Å². The van der Waals surface area contributed by atoms with E-state index < -0.39 is 5.60 Å². The number of carbonyl (C=O) groups is 1. The Morgan fingerprint density at radius 1 is 1.21 bits per heavy atom. The van der Waals surface area contributed by atoms with Crippen LogP contribution in [0.1, 0.15) is 18.4 Å². The average molecular weight is 449 g/mol. The number of halogens is 1. The van der Waals surface area contributed by atoms with E-state index in [4.69, 9.17) is 9.47 Å². The van der Waals surface area contributed by atoms with Gasteiger partial charge in [0.05, 0.1) is 30.5 Å². The zero-order valence-corrected chi connectivity index (χ0v) is 18.5. The lowest BCUT2D eigenvalue weighted by molar-refractivity contribution is -0.0764. The summed E-state index contributed by atoms with van der Waals surface area (Å²) in [5, 5.41) is 3.73. The number of nitrogens with zero attached hydrogens (tertiary/aromatic N) is 4. The van der Waals surface area contributed by atoms with Crippen LogP contribution in [0.5, 0.6) is 5.75 Å². The lowest BCUT2D eigenvalue weighted by Crippen LogP contribution is -2.64. The van der Waals surface area contributed by atoms with E-state index in [9.17, 15) is 9.18 Å². The monoisotopic (exact) mass is 449 g/mol. The first-order chi connectivity index (χ1) is 16.0. The van der Waals surface area contributed by atoms with Crippen LogP contribution in [0.2, 0.25) is 0 Å². The minimum atomic E-state index is -0.474. The van der Waals surface area contributed by atoms with Crippen molar-refractivity contribution in [1.82, 2.24) is 14.9 Å². The maximum Gasteiger partial charge on any atom is 0.415 e. The van der Waals surface area contributed by atoms with E-state index in [0.29, 0.717) is 52.0 Å². The Labute approximate surface area is 190 Å². The van der Waals surface area contributed by atoms with E-state index in [1.165, 1.54) is 19.2 Å². The second-order valence-corrected chi connectivity index (χ2v) is 9.10. The fourth-order valence-corrected chi connectivity index (χ4v) is 4.78. The smallest absolute Gasteiger partial charge is 0.415 e. The van der Waals surface area contributed by atoms with E-state index in [1.807, 2.05) is 6.07 Å². The summed E-state index contributed by atoms with van der Waals surface area (Å²) < 4.78 is 26.0. The molecule has 1 saturated carbocycles. The number of methoxy groups -OCH3 is 1. The van der Waals surface area contributed by atoms with Crippen molar-refractivity contribution in [3.63, 3.8) is 0 Å². The quantitative estimate of drug-likeness (QED) is 0.631. The Hall–Kier alpha value is -3.46. The first kappa shape index (κ1) is 20.2. The van der Waals surface area contributed by atoms with Gasteiger partial charge in [-0.25, -0.2) is 19.2 Å². The normalized spacial score (nSPS) is 19.6. The molecule has 6 rings (SSSR count). The van der Waals surface area contributed by atoms with Gasteiger partial charge in [0, 0.05) is 30.6 Å². The number of nitrogens with one attached hydrogen (secondary N) is 1. The van der Waals surface area contributed by atoms with Gasteiger partial charge >= 0.3 is 6.09 Å². The molecule has 2 aliphatic heterocycles. The summed E-state index contributed by atoms with van der Waals surface area (Å²) in [5.74, 6) is 0.619. The van der Waals surface area contributed by atoms with Gasteiger partial charge in [0.2, 0.25) is 0 Å². The number of amides is 1. The van der Waals surface area contributed by atoms with Gasteiger partial charge < -0.3 is 14.8 Å². The second-order valence-electron chi connectivity index (χ2n) is 9.10. The van der Waals surface area contributed by atoms with Gasteiger partial charge in [-0.15, -0.1) is 0 Å². The Bertz CT molecular complexity index is 1270. The van der Waals surface area contributed by atoms with Crippen molar-refractivity contribution in [2.24, 2.45) is 0 Å². The summed E-state index contributed by atoms with van der Waals surface area (Å²) in [7, 11) is 1.56. The maximum absolute atomic E-state index is 14.6. The Morgan fingerprint density at radius 2 is 2.03 bits per heavy atom. The molecular weight excluding hydrogens is 425 g/mol. The zero-order chi connectivity index (χ0) is 22.7. The van der Waals surface area contributed by atoms with Crippen LogP contribution < -0.4 is 15.0 Å². The van der Waals surface area contributed by atoms with Crippen molar-refractivity contribution in [3.8, 4) is 5.75 Å². The van der Waals surface area contributed by atoms with Crippen molar-refractivity contribution >= 4 is 34.2 Å². The Kier molecular flexibility index (Phi) is 4.45. The number of anilines is 3. The number of likely N-dealkylation sites (tertiary alicyclic amines) is 1. The highest BCUT2D eigenvalue weighted by atomic mass is 19.1. The van der Waals surface area contributed by atoms with E-state index in [0.717, 1.165) is 13.1 Å². The topological polar surface area (TPSA) is 79.8 Å². The molecule has 0 bridgehead atoms. The number of carbonyl (C=O) groups excluding carboxylic acids is 1. The van der Waals surface area contributed by atoms with Crippen molar-refractivity contribution in [2.45, 2.75) is 31.4 Å². The summed E-state index contributed by atoms with van der Waals surface area (Å²) in [6.45, 7) is 3.69. The highest BCUT2D eigenvalue weighted by Crippen LogP contribution is 2.43. The molecule has 1 aromatic heterocycles. The summed E-state index contributed by atoms with van der Waals surface area (Å²) >= 11 is 0. The minimum Gasteiger partial charge on any atom is -0.494 e. The highest BCUT2D eigenvalue weighted by molar-refractivity contribution is 6.00. The number of hydrogen-bond acceptors (Lipinski definition) is 7. The molecule has 2 saturated heterocycles. The fraction of sp³-hybridized carbons (Fsp3) is 0.375. The summed E-state index contributed by atoms with van der Waals surface area (Å²) in [6, 6.07) is 9.36. The van der Waals surface area contributed by atoms with Crippen LogP contribution >= 0.6 is 0 Å². The van der Waals surface area contributed by atoms with E-state index in [2.05, 4.69) is 20.2 Å². The molecule has 1 N–H and O–H groups in total. The number of hydrogen-bond donors (Lipinski definition) is 1. The molecule has 3 fully saturated rings. The van der Waals surface area contributed by atoms with E-state index in [1.54, 1.807) is 43.2 Å². The lowest BCUT2D eigenvalue weighted by atomic mass is 9.93. The number of benzene rings is 2. The van der Waals surface area contributed by atoms with Crippen molar-refractivity contribution in [2.75, 3.05) is 37.0 Å². The number of aryl methyl sites for hydroxylation is 1. The van der Waals surface area contributed by atoms with Crippen LogP contribution in [0.4, 0.5) is 26.4 Å². The molecular formula is C24H24FN5O3. The third-order valence-electron chi connectivity index (χ3n) is 6.69.